The van der Waals surface area contributed by atoms with Crippen LogP contribution in [0.2, 0.25) is 0 Å². The number of carbonyl (C=O) groups is 3. The van der Waals surface area contributed by atoms with Gasteiger partial charge in [-0.15, -0.1) is 0 Å². The molecule has 104 valence electrons. The van der Waals surface area contributed by atoms with Crippen molar-refractivity contribution >= 4 is 28.6 Å². The molecule has 0 spiro atoms. The number of piperidine rings is 1. The molecule has 6 heteroatoms. The van der Waals surface area contributed by atoms with Crippen LogP contribution in [-0.2, 0) is 9.59 Å². The molecule has 0 aliphatic carbocycles. The molecule has 6 nitrogen and oxygen atoms in total. The number of carbonyl (C=O) groups excluding carboxylic acids is 3. The summed E-state index contributed by atoms with van der Waals surface area (Å²) in [5.74, 6) is -0.671. The molecule has 0 atom stereocenters. The average molecular weight is 273 g/mol. The number of nitrogens with one attached hydrogen (secondary N) is 2. The number of hydrogen-bond acceptors (Lipinski definition) is 3. The number of rotatable bonds is 1. The van der Waals surface area contributed by atoms with Crippen LogP contribution >= 0.6 is 0 Å². The van der Waals surface area contributed by atoms with Gasteiger partial charge in [-0.2, -0.15) is 0 Å². The van der Waals surface area contributed by atoms with Gasteiger partial charge in [0.15, 0.2) is 0 Å². The number of imide groups is 1. The van der Waals surface area contributed by atoms with Gasteiger partial charge in [-0.1, -0.05) is 18.2 Å². The summed E-state index contributed by atoms with van der Waals surface area (Å²) in [4.78, 5) is 34.5. The predicted octanol–water partition coefficient (Wildman–Crippen LogP) is 1.08. The second kappa shape index (κ2) is 6.01. The molecule has 2 aromatic rings. The number of aromatic nitrogens is 1. The number of benzene rings is 1. The van der Waals surface area contributed by atoms with Crippen molar-refractivity contribution in [2.24, 2.45) is 5.73 Å². The highest BCUT2D eigenvalue weighted by molar-refractivity contribution is 6.05. The number of amides is 3. The Kier molecular flexibility index (Phi) is 4.14. The Balaban J connectivity index is 0.000000160. The van der Waals surface area contributed by atoms with Gasteiger partial charge in [0.05, 0.1) is 5.56 Å². The molecule has 1 aliphatic heterocycles. The molecule has 0 bridgehead atoms. The van der Waals surface area contributed by atoms with Crippen molar-refractivity contribution in [2.75, 3.05) is 0 Å². The Morgan fingerprint density at radius 3 is 2.30 bits per heavy atom. The second-order valence-electron chi connectivity index (χ2n) is 4.44. The Bertz CT molecular complexity index is 646. The van der Waals surface area contributed by atoms with E-state index in [1.54, 1.807) is 6.20 Å². The van der Waals surface area contributed by atoms with Crippen LogP contribution in [0.4, 0.5) is 0 Å². The average Bonchev–Trinajstić information content (AvgIpc) is 2.83. The Hall–Kier alpha value is -2.63. The maximum atomic E-state index is 10.9. The fraction of sp³-hybridized carbons (Fsp3) is 0.214. The van der Waals surface area contributed by atoms with Gasteiger partial charge in [-0.25, -0.2) is 0 Å². The zero-order valence-corrected chi connectivity index (χ0v) is 10.8. The van der Waals surface area contributed by atoms with Crippen molar-refractivity contribution < 1.29 is 14.4 Å². The number of hydrogen-bond donors (Lipinski definition) is 3. The summed E-state index contributed by atoms with van der Waals surface area (Å²) >= 11 is 0. The normalized spacial score (nSPS) is 14.4. The molecule has 1 aromatic heterocycles. The molecule has 4 N–H and O–H groups in total. The van der Waals surface area contributed by atoms with Crippen LogP contribution in [0.1, 0.15) is 29.6 Å². The van der Waals surface area contributed by atoms with Gasteiger partial charge in [0, 0.05) is 29.9 Å². The molecule has 0 unspecified atom stereocenters. The lowest BCUT2D eigenvalue weighted by Gasteiger charge is -2.07. The van der Waals surface area contributed by atoms with Gasteiger partial charge < -0.3 is 10.7 Å². The molecular formula is C14H15N3O3. The standard InChI is InChI=1S/C9H8N2O.C5H7NO2/c10-9(12)7-5-11-8-4-2-1-3-6(7)8;7-4-2-1-3-5(8)6-4/h1-5,11H,(H2,10,12);1-3H2,(H,6,7,8). The highest BCUT2D eigenvalue weighted by Gasteiger charge is 2.13. The predicted molar refractivity (Wildman–Crippen MR) is 73.8 cm³/mol. The summed E-state index contributed by atoms with van der Waals surface area (Å²) in [6, 6.07) is 7.56. The molecule has 1 saturated heterocycles. The summed E-state index contributed by atoms with van der Waals surface area (Å²) in [6.07, 6.45) is 3.36. The maximum absolute atomic E-state index is 10.9. The summed E-state index contributed by atoms with van der Waals surface area (Å²) in [5.41, 5.74) is 6.65. The lowest BCUT2D eigenvalue weighted by molar-refractivity contribution is -0.132. The Labute approximate surface area is 115 Å². The van der Waals surface area contributed by atoms with E-state index in [1.807, 2.05) is 24.3 Å². The third kappa shape index (κ3) is 3.23. The van der Waals surface area contributed by atoms with Crippen molar-refractivity contribution in [3.8, 4) is 0 Å². The monoisotopic (exact) mass is 273 g/mol. The molecule has 1 aliphatic rings. The van der Waals surface area contributed by atoms with Crippen LogP contribution in [-0.4, -0.2) is 22.7 Å². The van der Waals surface area contributed by atoms with E-state index in [-0.39, 0.29) is 11.8 Å². The number of primary amides is 1. The van der Waals surface area contributed by atoms with E-state index in [9.17, 15) is 14.4 Å². The van der Waals surface area contributed by atoms with Gasteiger partial charge in [0.25, 0.3) is 5.91 Å². The Morgan fingerprint density at radius 1 is 1.10 bits per heavy atom. The molecule has 0 saturated carbocycles. The van der Waals surface area contributed by atoms with Crippen LogP contribution in [0.3, 0.4) is 0 Å². The van der Waals surface area contributed by atoms with Crippen molar-refractivity contribution in [3.05, 3.63) is 36.0 Å². The maximum Gasteiger partial charge on any atom is 0.250 e. The van der Waals surface area contributed by atoms with E-state index in [0.717, 1.165) is 10.9 Å². The SMILES string of the molecule is NC(=O)c1c[nH]c2ccccc12.O=C1CCCC(=O)N1. The molecule has 3 amide bonds. The topological polar surface area (TPSA) is 105 Å². The first-order valence-corrected chi connectivity index (χ1v) is 6.26. The van der Waals surface area contributed by atoms with Crippen molar-refractivity contribution in [1.29, 1.82) is 0 Å². The zero-order chi connectivity index (χ0) is 14.5. The lowest BCUT2D eigenvalue weighted by Crippen LogP contribution is -2.33. The summed E-state index contributed by atoms with van der Waals surface area (Å²) < 4.78 is 0. The van der Waals surface area contributed by atoms with E-state index in [1.165, 1.54) is 0 Å². The highest BCUT2D eigenvalue weighted by Crippen LogP contribution is 2.16. The summed E-state index contributed by atoms with van der Waals surface area (Å²) in [5, 5.41) is 3.08. The van der Waals surface area contributed by atoms with E-state index in [2.05, 4.69) is 10.3 Å². The molecule has 1 aromatic carbocycles. The smallest absolute Gasteiger partial charge is 0.250 e. The molecular weight excluding hydrogens is 258 g/mol. The van der Waals surface area contributed by atoms with Crippen molar-refractivity contribution in [1.82, 2.24) is 10.3 Å². The third-order valence-corrected chi connectivity index (χ3v) is 2.94. The summed E-state index contributed by atoms with van der Waals surface area (Å²) in [7, 11) is 0. The third-order valence-electron chi connectivity index (χ3n) is 2.94. The van der Waals surface area contributed by atoms with Crippen LogP contribution < -0.4 is 11.1 Å². The van der Waals surface area contributed by atoms with Gasteiger partial charge in [-0.05, 0) is 12.5 Å². The number of para-hydroxylation sites is 1. The van der Waals surface area contributed by atoms with Gasteiger partial charge >= 0.3 is 0 Å². The number of nitrogens with two attached hydrogens (primary N) is 1. The largest absolute Gasteiger partial charge is 0.366 e. The molecule has 1 fully saturated rings. The first kappa shape index (κ1) is 13.8. The fourth-order valence-corrected chi connectivity index (χ4v) is 1.97. The molecule has 0 radical (unpaired) electrons. The number of fused-ring (bicyclic) bond motifs is 1. The minimum Gasteiger partial charge on any atom is -0.366 e. The highest BCUT2D eigenvalue weighted by atomic mass is 16.2. The van der Waals surface area contributed by atoms with Crippen LogP contribution in [0.25, 0.3) is 10.9 Å². The zero-order valence-electron chi connectivity index (χ0n) is 10.8. The summed E-state index contributed by atoms with van der Waals surface area (Å²) in [6.45, 7) is 0. The molecule has 20 heavy (non-hydrogen) atoms. The van der Waals surface area contributed by atoms with E-state index in [0.29, 0.717) is 24.8 Å². The van der Waals surface area contributed by atoms with E-state index < -0.39 is 5.91 Å². The molecule has 3 rings (SSSR count). The van der Waals surface area contributed by atoms with Crippen LogP contribution in [0.15, 0.2) is 30.5 Å². The minimum atomic E-state index is -0.396. The van der Waals surface area contributed by atoms with Crippen molar-refractivity contribution in [2.45, 2.75) is 19.3 Å². The molecule has 2 heterocycles. The quantitative estimate of drug-likeness (QED) is 0.677. The van der Waals surface area contributed by atoms with Gasteiger partial charge in [-0.3, -0.25) is 19.7 Å². The van der Waals surface area contributed by atoms with E-state index >= 15 is 0 Å². The van der Waals surface area contributed by atoms with Crippen molar-refractivity contribution in [3.63, 3.8) is 0 Å². The minimum absolute atomic E-state index is 0.138. The van der Waals surface area contributed by atoms with Gasteiger partial charge in [0.2, 0.25) is 11.8 Å². The Morgan fingerprint density at radius 2 is 1.75 bits per heavy atom. The second-order valence-corrected chi connectivity index (χ2v) is 4.44. The first-order valence-electron chi connectivity index (χ1n) is 6.26. The fourth-order valence-electron chi connectivity index (χ4n) is 1.97. The van der Waals surface area contributed by atoms with Gasteiger partial charge in [0.1, 0.15) is 0 Å². The van der Waals surface area contributed by atoms with E-state index in [4.69, 9.17) is 5.73 Å². The number of H-pyrrole nitrogens is 1. The number of aromatic amines is 1. The van der Waals surface area contributed by atoms with Crippen LogP contribution in [0, 0.1) is 0 Å². The lowest BCUT2D eigenvalue weighted by atomic mass is 10.1. The first-order chi connectivity index (χ1) is 9.58. The van der Waals surface area contributed by atoms with Crippen LogP contribution in [0.5, 0.6) is 0 Å².